The van der Waals surface area contributed by atoms with Gasteiger partial charge in [0.25, 0.3) is 0 Å². The van der Waals surface area contributed by atoms with Crippen LogP contribution < -0.4 is 37.2 Å². The Bertz CT molecular complexity index is 8.75. The molecular weight excluding hydrogens is 297 g/mol. The second-order valence-corrected chi connectivity index (χ2v) is 0. The molecule has 0 aliphatic heterocycles. The summed E-state index contributed by atoms with van der Waals surface area (Å²) in [5.41, 5.74) is 0. The van der Waals surface area contributed by atoms with Crippen molar-refractivity contribution in [3.8, 4) is 0 Å². The monoisotopic (exact) mass is 300 g/mol. The van der Waals surface area contributed by atoms with Crippen LogP contribution >= 0.6 is 0 Å². The van der Waals surface area contributed by atoms with Crippen LogP contribution in [0.25, 0.3) is 0 Å². The van der Waals surface area contributed by atoms with Crippen molar-refractivity contribution >= 4 is 0 Å². The first kappa shape index (κ1) is 93.8. The molecule has 0 heterocycles. The smallest absolute Gasteiger partial charge is 1.00 e. The third kappa shape index (κ3) is 36.3. The quantitative estimate of drug-likeness (QED) is 0.427. The summed E-state index contributed by atoms with van der Waals surface area (Å²) in [6.45, 7) is 0. The van der Waals surface area contributed by atoms with Gasteiger partial charge in [0, 0.05) is 0 Å². The molecule has 46 valence electrons. The predicted molar refractivity (Wildman–Crippen MR) is 7.23 cm³/mol. The van der Waals surface area contributed by atoms with Crippen LogP contribution in [0.15, 0.2) is 0 Å². The van der Waals surface area contributed by atoms with Gasteiger partial charge in [0.15, 0.2) is 0 Å². The van der Waals surface area contributed by atoms with Gasteiger partial charge in [0.2, 0.25) is 0 Å². The summed E-state index contributed by atoms with van der Waals surface area (Å²) in [6, 6.07) is 0. The Balaban J connectivity index is 0. The van der Waals surface area contributed by atoms with Gasteiger partial charge in [-0.3, -0.25) is 0 Å². The van der Waals surface area contributed by atoms with E-state index in [1.54, 1.807) is 0 Å². The standard InChI is InChI=1S/3ClH.2H2O.Tb/h3*1H;2*1H2;/q;;;;;+3/p-3. The maximum absolute atomic E-state index is 0. The van der Waals surface area contributed by atoms with E-state index >= 15 is 0 Å². The maximum Gasteiger partial charge on any atom is 3.00 e. The average Bonchev–Trinajstić information content (AvgIpc) is 0. The van der Waals surface area contributed by atoms with Gasteiger partial charge in [0.1, 0.15) is 0 Å². The van der Waals surface area contributed by atoms with Crippen molar-refractivity contribution in [2.24, 2.45) is 0 Å². The van der Waals surface area contributed by atoms with E-state index in [1.807, 2.05) is 0 Å². The summed E-state index contributed by atoms with van der Waals surface area (Å²) in [5, 5.41) is 0. The van der Waals surface area contributed by atoms with E-state index < -0.39 is 0 Å². The van der Waals surface area contributed by atoms with Gasteiger partial charge in [-0.15, -0.1) is 0 Å². The fourth-order valence-electron chi connectivity index (χ4n) is 0. The van der Waals surface area contributed by atoms with Crippen LogP contribution in [0, 0.1) is 38.6 Å². The van der Waals surface area contributed by atoms with Crippen molar-refractivity contribution in [1.29, 1.82) is 0 Å². The summed E-state index contributed by atoms with van der Waals surface area (Å²) in [7, 11) is 0. The van der Waals surface area contributed by atoms with E-state index in [4.69, 9.17) is 0 Å². The first-order valence-electron chi connectivity index (χ1n) is 0. The summed E-state index contributed by atoms with van der Waals surface area (Å²) >= 11 is 0. The minimum absolute atomic E-state index is 0. The molecule has 0 atom stereocenters. The maximum atomic E-state index is 0. The summed E-state index contributed by atoms with van der Waals surface area (Å²) in [6.07, 6.45) is 0. The molecule has 0 aliphatic rings. The zero-order valence-electron chi connectivity index (χ0n) is 2.47. The van der Waals surface area contributed by atoms with E-state index in [-0.39, 0.29) is 86.8 Å². The molecule has 0 bridgehead atoms. The zero-order chi connectivity index (χ0) is 0. The van der Waals surface area contributed by atoms with Crippen LogP contribution in [0.2, 0.25) is 0 Å². The normalized spacial score (nSPS) is 0. The van der Waals surface area contributed by atoms with Crippen molar-refractivity contribution in [1.82, 2.24) is 0 Å². The van der Waals surface area contributed by atoms with Crippen molar-refractivity contribution in [3.63, 3.8) is 0 Å². The SMILES string of the molecule is O.O.[Cl-].[Cl-].[Cl-].[Tb+3]. The van der Waals surface area contributed by atoms with Gasteiger partial charge in [-0.25, -0.2) is 0 Å². The number of halogens is 3. The molecule has 0 saturated carbocycles. The molecule has 0 aliphatic carbocycles. The van der Waals surface area contributed by atoms with Crippen LogP contribution in [0.1, 0.15) is 0 Å². The van der Waals surface area contributed by atoms with E-state index in [0.717, 1.165) is 0 Å². The van der Waals surface area contributed by atoms with Crippen molar-refractivity contribution < 1.29 is 86.8 Å². The van der Waals surface area contributed by atoms with Crippen molar-refractivity contribution in [2.45, 2.75) is 0 Å². The van der Waals surface area contributed by atoms with E-state index in [1.165, 1.54) is 0 Å². The van der Waals surface area contributed by atoms with E-state index in [2.05, 4.69) is 0 Å². The summed E-state index contributed by atoms with van der Waals surface area (Å²) in [5.74, 6) is 0. The zero-order valence-corrected chi connectivity index (χ0v) is 6.87. The predicted octanol–water partition coefficient (Wildman–Crippen LogP) is -10.6. The van der Waals surface area contributed by atoms with Gasteiger partial charge >= 0.3 is 38.6 Å². The molecule has 0 unspecified atom stereocenters. The van der Waals surface area contributed by atoms with Gasteiger partial charge in [0.05, 0.1) is 0 Å². The first-order chi connectivity index (χ1) is 0. The van der Waals surface area contributed by atoms with Crippen molar-refractivity contribution in [3.05, 3.63) is 0 Å². The summed E-state index contributed by atoms with van der Waals surface area (Å²) in [4.78, 5) is 0. The van der Waals surface area contributed by atoms with Crippen LogP contribution in [0.5, 0.6) is 0 Å². The van der Waals surface area contributed by atoms with Gasteiger partial charge in [-0.05, 0) is 0 Å². The number of hydrogen-bond donors (Lipinski definition) is 0. The molecule has 0 radical (unpaired) electrons. The molecule has 0 amide bonds. The first-order valence-corrected chi connectivity index (χ1v) is 0. The fraction of sp³-hybridized carbons (Fsp3) is 0. The van der Waals surface area contributed by atoms with Crippen LogP contribution in [-0.2, 0) is 0 Å². The molecule has 4 N–H and O–H groups in total. The van der Waals surface area contributed by atoms with Gasteiger partial charge in [-0.1, -0.05) is 0 Å². The van der Waals surface area contributed by atoms with E-state index in [9.17, 15) is 0 Å². The molecule has 0 saturated heterocycles. The molecule has 0 aromatic rings. The molecule has 6 heavy (non-hydrogen) atoms. The van der Waals surface area contributed by atoms with Gasteiger partial charge < -0.3 is 48.2 Å². The van der Waals surface area contributed by atoms with Gasteiger partial charge in [-0.2, -0.15) is 0 Å². The molecule has 6 heteroatoms. The van der Waals surface area contributed by atoms with Crippen LogP contribution in [0.3, 0.4) is 0 Å². The Hall–Kier alpha value is 2.08. The molecule has 2 nitrogen and oxygen atoms in total. The molecule has 0 aromatic carbocycles. The van der Waals surface area contributed by atoms with Crippen LogP contribution in [-0.4, -0.2) is 11.0 Å². The largest absolute Gasteiger partial charge is 3.00 e. The minimum atomic E-state index is 0. The molecule has 0 fully saturated rings. The number of hydrogen-bond acceptors (Lipinski definition) is 0. The Morgan fingerprint density at radius 3 is 0.500 bits per heavy atom. The Labute approximate surface area is 85.7 Å². The van der Waals surface area contributed by atoms with Crippen LogP contribution in [0.4, 0.5) is 0 Å². The summed E-state index contributed by atoms with van der Waals surface area (Å²) < 4.78 is 0. The average molecular weight is 301 g/mol. The Kier molecular flexibility index (Phi) is 948. The topological polar surface area (TPSA) is 63.0 Å². The molecule has 0 rings (SSSR count). The van der Waals surface area contributed by atoms with Crippen molar-refractivity contribution in [2.75, 3.05) is 0 Å². The third-order valence-corrected chi connectivity index (χ3v) is 0. The second-order valence-electron chi connectivity index (χ2n) is 0. The Morgan fingerprint density at radius 1 is 0.500 bits per heavy atom. The Morgan fingerprint density at radius 2 is 0.500 bits per heavy atom. The minimum Gasteiger partial charge on any atom is -1.00 e. The molecule has 0 spiro atoms. The molecular formula is H4Cl3O2Tb. The fourth-order valence-corrected chi connectivity index (χ4v) is 0. The van der Waals surface area contributed by atoms with E-state index in [0.29, 0.717) is 0 Å². The number of rotatable bonds is 0. The molecule has 0 aromatic heterocycles. The third-order valence-electron chi connectivity index (χ3n) is 0. The second kappa shape index (κ2) is 60.6.